The lowest BCUT2D eigenvalue weighted by atomic mass is 10.0. The van der Waals surface area contributed by atoms with E-state index in [0.29, 0.717) is 25.0 Å². The predicted molar refractivity (Wildman–Crippen MR) is 135 cm³/mol. The van der Waals surface area contributed by atoms with Gasteiger partial charge in [-0.1, -0.05) is 70.2 Å². The largest absolute Gasteiger partial charge is 0.493 e. The van der Waals surface area contributed by atoms with Gasteiger partial charge in [-0.15, -0.1) is 0 Å². The Morgan fingerprint density at radius 2 is 1.52 bits per heavy atom. The van der Waals surface area contributed by atoms with Crippen molar-refractivity contribution >= 4 is 11.0 Å². The molecule has 0 aliphatic carbocycles. The SMILES string of the molecule is CC(C)c1ccc(OCc2nc3ccccc3n2CCCOc2ccccc2C(C)C)cc1. The maximum Gasteiger partial charge on any atom is 0.147 e. The van der Waals surface area contributed by atoms with Crippen molar-refractivity contribution in [3.05, 3.63) is 89.7 Å². The number of aromatic nitrogens is 2. The highest BCUT2D eigenvalue weighted by Gasteiger charge is 2.12. The van der Waals surface area contributed by atoms with E-state index in [9.17, 15) is 0 Å². The third-order valence-corrected chi connectivity index (χ3v) is 5.97. The van der Waals surface area contributed by atoms with Gasteiger partial charge in [-0.05, 0) is 59.7 Å². The highest BCUT2D eigenvalue weighted by Crippen LogP contribution is 2.26. The Morgan fingerprint density at radius 3 is 2.27 bits per heavy atom. The van der Waals surface area contributed by atoms with E-state index in [1.54, 1.807) is 0 Å². The summed E-state index contributed by atoms with van der Waals surface area (Å²) in [5, 5.41) is 0. The van der Waals surface area contributed by atoms with Gasteiger partial charge in [0.05, 0.1) is 17.6 Å². The fraction of sp³-hybridized carbons (Fsp3) is 0.345. The standard InChI is InChI=1S/C29H34N2O2/c1-21(2)23-14-16-24(17-15-23)33-20-29-30-26-11-6-7-12-27(26)31(29)18-9-19-32-28-13-8-5-10-25(28)22(3)4/h5-8,10-17,21-22H,9,18-20H2,1-4H3. The van der Waals surface area contributed by atoms with Gasteiger partial charge in [0.25, 0.3) is 0 Å². The minimum atomic E-state index is 0.437. The molecule has 0 radical (unpaired) electrons. The van der Waals surface area contributed by atoms with E-state index in [1.807, 2.05) is 24.3 Å². The van der Waals surface area contributed by atoms with Crippen molar-refractivity contribution in [2.75, 3.05) is 6.61 Å². The molecule has 0 amide bonds. The number of fused-ring (bicyclic) bond motifs is 1. The highest BCUT2D eigenvalue weighted by molar-refractivity contribution is 5.75. The molecule has 0 aliphatic rings. The Hall–Kier alpha value is -3.27. The number of nitrogens with zero attached hydrogens (tertiary/aromatic N) is 2. The molecular formula is C29H34N2O2. The molecule has 172 valence electrons. The molecule has 4 rings (SSSR count). The lowest BCUT2D eigenvalue weighted by molar-refractivity contribution is 0.279. The molecular weight excluding hydrogens is 408 g/mol. The molecule has 4 aromatic rings. The molecule has 1 heterocycles. The van der Waals surface area contributed by atoms with Crippen LogP contribution in [0.4, 0.5) is 0 Å². The van der Waals surface area contributed by atoms with Crippen LogP contribution in [0.25, 0.3) is 11.0 Å². The first-order valence-corrected chi connectivity index (χ1v) is 11.9. The highest BCUT2D eigenvalue weighted by atomic mass is 16.5. The number of rotatable bonds is 10. The van der Waals surface area contributed by atoms with Gasteiger partial charge in [-0.3, -0.25) is 0 Å². The minimum Gasteiger partial charge on any atom is -0.493 e. The van der Waals surface area contributed by atoms with E-state index in [1.165, 1.54) is 11.1 Å². The third kappa shape index (κ3) is 5.57. The van der Waals surface area contributed by atoms with E-state index >= 15 is 0 Å². The van der Waals surface area contributed by atoms with Crippen LogP contribution in [0.15, 0.2) is 72.8 Å². The zero-order valence-electron chi connectivity index (χ0n) is 20.1. The zero-order chi connectivity index (χ0) is 23.2. The van der Waals surface area contributed by atoms with Crippen molar-refractivity contribution in [2.45, 2.75) is 59.1 Å². The average Bonchev–Trinajstić information content (AvgIpc) is 3.18. The van der Waals surface area contributed by atoms with Crippen LogP contribution in [0.1, 0.15) is 62.9 Å². The van der Waals surface area contributed by atoms with Crippen molar-refractivity contribution in [3.8, 4) is 11.5 Å². The number of hydrogen-bond donors (Lipinski definition) is 0. The van der Waals surface area contributed by atoms with E-state index in [2.05, 4.69) is 80.8 Å². The lowest BCUT2D eigenvalue weighted by Gasteiger charge is -2.15. The Balaban J connectivity index is 1.43. The van der Waals surface area contributed by atoms with E-state index in [0.717, 1.165) is 41.3 Å². The van der Waals surface area contributed by atoms with Crippen molar-refractivity contribution in [3.63, 3.8) is 0 Å². The number of imidazole rings is 1. The molecule has 1 aromatic heterocycles. The molecule has 0 aliphatic heterocycles. The first-order chi connectivity index (χ1) is 16.0. The van der Waals surface area contributed by atoms with E-state index in [4.69, 9.17) is 14.5 Å². The van der Waals surface area contributed by atoms with Gasteiger partial charge in [0.15, 0.2) is 0 Å². The number of benzene rings is 3. The fourth-order valence-electron chi connectivity index (χ4n) is 4.08. The molecule has 33 heavy (non-hydrogen) atoms. The van der Waals surface area contributed by atoms with Gasteiger partial charge >= 0.3 is 0 Å². The van der Waals surface area contributed by atoms with Crippen LogP contribution >= 0.6 is 0 Å². The maximum atomic E-state index is 6.14. The average molecular weight is 443 g/mol. The van der Waals surface area contributed by atoms with Gasteiger partial charge in [0, 0.05) is 6.54 Å². The van der Waals surface area contributed by atoms with Crippen molar-refractivity contribution in [1.82, 2.24) is 9.55 Å². The third-order valence-electron chi connectivity index (χ3n) is 5.97. The number of hydrogen-bond acceptors (Lipinski definition) is 3. The summed E-state index contributed by atoms with van der Waals surface area (Å²) in [4.78, 5) is 4.84. The van der Waals surface area contributed by atoms with Crippen LogP contribution in [0.2, 0.25) is 0 Å². The quantitative estimate of drug-likeness (QED) is 0.241. The molecule has 0 bridgehead atoms. The van der Waals surface area contributed by atoms with Gasteiger partial charge in [-0.25, -0.2) is 4.98 Å². The lowest BCUT2D eigenvalue weighted by Crippen LogP contribution is -2.10. The van der Waals surface area contributed by atoms with Crippen LogP contribution in [-0.2, 0) is 13.2 Å². The van der Waals surface area contributed by atoms with E-state index < -0.39 is 0 Å². The summed E-state index contributed by atoms with van der Waals surface area (Å²) < 4.78 is 14.5. The monoisotopic (exact) mass is 442 g/mol. The van der Waals surface area contributed by atoms with Crippen LogP contribution in [0, 0.1) is 0 Å². The summed E-state index contributed by atoms with van der Waals surface area (Å²) in [6.07, 6.45) is 0.892. The Kier molecular flexibility index (Phi) is 7.33. The van der Waals surface area contributed by atoms with Crippen molar-refractivity contribution in [2.24, 2.45) is 0 Å². The summed E-state index contributed by atoms with van der Waals surface area (Å²) in [6.45, 7) is 10.7. The first-order valence-electron chi connectivity index (χ1n) is 11.9. The van der Waals surface area contributed by atoms with Crippen molar-refractivity contribution in [1.29, 1.82) is 0 Å². The molecule has 0 fully saturated rings. The fourth-order valence-corrected chi connectivity index (χ4v) is 4.08. The summed E-state index contributed by atoms with van der Waals surface area (Å²) in [5.41, 5.74) is 4.70. The molecule has 0 saturated heterocycles. The van der Waals surface area contributed by atoms with Gasteiger partial charge in [0.2, 0.25) is 0 Å². The number of aryl methyl sites for hydroxylation is 1. The van der Waals surface area contributed by atoms with Crippen LogP contribution in [0.5, 0.6) is 11.5 Å². The van der Waals surface area contributed by atoms with Crippen LogP contribution in [0.3, 0.4) is 0 Å². The van der Waals surface area contributed by atoms with Gasteiger partial charge < -0.3 is 14.0 Å². The predicted octanol–water partition coefficient (Wildman–Crippen LogP) is 7.33. The Bertz CT molecular complexity index is 1180. The number of para-hydroxylation sites is 3. The van der Waals surface area contributed by atoms with E-state index in [-0.39, 0.29) is 0 Å². The van der Waals surface area contributed by atoms with Crippen LogP contribution in [-0.4, -0.2) is 16.2 Å². The summed E-state index contributed by atoms with van der Waals surface area (Å²) in [5.74, 6) is 3.74. The second kappa shape index (κ2) is 10.6. The molecule has 3 aromatic carbocycles. The normalized spacial score (nSPS) is 11.5. The second-order valence-electron chi connectivity index (χ2n) is 9.08. The molecule has 0 N–H and O–H groups in total. The summed E-state index contributed by atoms with van der Waals surface area (Å²) in [6, 6.07) is 24.9. The van der Waals surface area contributed by atoms with Gasteiger partial charge in [-0.2, -0.15) is 0 Å². The smallest absolute Gasteiger partial charge is 0.147 e. The molecule has 0 atom stereocenters. The Morgan fingerprint density at radius 1 is 0.788 bits per heavy atom. The summed E-state index contributed by atoms with van der Waals surface area (Å²) in [7, 11) is 0. The summed E-state index contributed by atoms with van der Waals surface area (Å²) >= 11 is 0. The zero-order valence-corrected chi connectivity index (χ0v) is 20.1. The Labute approximate surface area is 197 Å². The van der Waals surface area contributed by atoms with Gasteiger partial charge in [0.1, 0.15) is 23.9 Å². The molecule has 4 heteroatoms. The topological polar surface area (TPSA) is 36.3 Å². The molecule has 4 nitrogen and oxygen atoms in total. The molecule has 0 unspecified atom stereocenters. The second-order valence-corrected chi connectivity index (χ2v) is 9.08. The maximum absolute atomic E-state index is 6.14. The van der Waals surface area contributed by atoms with Crippen LogP contribution < -0.4 is 9.47 Å². The minimum absolute atomic E-state index is 0.437. The first kappa shape index (κ1) is 22.9. The molecule has 0 spiro atoms. The van der Waals surface area contributed by atoms with Crippen molar-refractivity contribution < 1.29 is 9.47 Å². The number of ether oxygens (including phenoxy) is 2. The molecule has 0 saturated carbocycles.